The summed E-state index contributed by atoms with van der Waals surface area (Å²) < 4.78 is 25.5. The molecule has 0 bridgehead atoms. The molecular weight excluding hydrogens is 584 g/mol. The molecule has 0 amide bonds. The molecule has 4 aromatic carbocycles. The van der Waals surface area contributed by atoms with E-state index in [0.717, 1.165) is 50.5 Å². The molecular formula is C34H30O9S. The molecule has 0 spiro atoms. The van der Waals surface area contributed by atoms with E-state index in [1.54, 1.807) is 36.4 Å². The summed E-state index contributed by atoms with van der Waals surface area (Å²) >= 11 is 1.12. The molecule has 10 heteroatoms. The molecule has 0 fully saturated rings. The first-order valence-electron chi connectivity index (χ1n) is 13.7. The number of rotatable bonds is 14. The van der Waals surface area contributed by atoms with Crippen molar-refractivity contribution in [1.29, 1.82) is 0 Å². The van der Waals surface area contributed by atoms with Gasteiger partial charge in [0.25, 0.3) is 0 Å². The summed E-state index contributed by atoms with van der Waals surface area (Å²) in [7, 11) is 0. The fourth-order valence-electron chi connectivity index (χ4n) is 4.13. The Morgan fingerprint density at radius 1 is 0.727 bits per heavy atom. The second kappa shape index (κ2) is 15.9. The van der Waals surface area contributed by atoms with Gasteiger partial charge in [-0.3, -0.25) is 9.59 Å². The van der Waals surface area contributed by atoms with Gasteiger partial charge in [0.15, 0.2) is 0 Å². The van der Waals surface area contributed by atoms with Crippen molar-refractivity contribution < 1.29 is 42.9 Å². The van der Waals surface area contributed by atoms with Crippen LogP contribution in [-0.4, -0.2) is 43.0 Å². The van der Waals surface area contributed by atoms with Gasteiger partial charge in [0, 0.05) is 16.5 Å². The van der Waals surface area contributed by atoms with Gasteiger partial charge in [0.1, 0.15) is 11.5 Å². The molecule has 0 unspecified atom stereocenters. The quantitative estimate of drug-likeness (QED) is 0.0208. The highest BCUT2D eigenvalue weighted by Gasteiger charge is 2.12. The van der Waals surface area contributed by atoms with Crippen molar-refractivity contribution in [1.82, 2.24) is 0 Å². The molecule has 9 nitrogen and oxygen atoms in total. The smallest absolute Gasteiger partial charge is 0.493 e. The zero-order chi connectivity index (χ0) is 31.3. The maximum Gasteiger partial charge on any atom is 0.513 e. The van der Waals surface area contributed by atoms with E-state index in [-0.39, 0.29) is 31.4 Å². The summed E-state index contributed by atoms with van der Waals surface area (Å²) in [5.74, 6) is -0.0239. The monoisotopic (exact) mass is 614 g/mol. The van der Waals surface area contributed by atoms with E-state index >= 15 is 0 Å². The summed E-state index contributed by atoms with van der Waals surface area (Å²) in [6.45, 7) is 7.17. The van der Waals surface area contributed by atoms with Crippen LogP contribution in [0.15, 0.2) is 103 Å². The Kier molecular flexibility index (Phi) is 11.5. The molecule has 0 aliphatic rings. The van der Waals surface area contributed by atoms with Gasteiger partial charge in [0.05, 0.1) is 32.5 Å². The molecule has 0 saturated heterocycles. The predicted molar refractivity (Wildman–Crippen MR) is 167 cm³/mol. The molecule has 44 heavy (non-hydrogen) atoms. The van der Waals surface area contributed by atoms with Crippen molar-refractivity contribution in [2.75, 3.05) is 19.8 Å². The summed E-state index contributed by atoms with van der Waals surface area (Å²) in [4.78, 5) is 48.1. The van der Waals surface area contributed by atoms with Gasteiger partial charge >= 0.3 is 18.1 Å². The summed E-state index contributed by atoms with van der Waals surface area (Å²) in [5.41, 5.74) is 0.520. The van der Waals surface area contributed by atoms with Crippen LogP contribution in [0.5, 0.6) is 11.5 Å². The zero-order valence-corrected chi connectivity index (χ0v) is 24.6. The van der Waals surface area contributed by atoms with Crippen LogP contribution in [0, 0.1) is 0 Å². The van der Waals surface area contributed by atoms with Crippen molar-refractivity contribution >= 4 is 56.5 Å². The van der Waals surface area contributed by atoms with Crippen LogP contribution in [0.3, 0.4) is 0 Å². The molecule has 0 heterocycles. The lowest BCUT2D eigenvalue weighted by Crippen LogP contribution is -2.12. The fourth-order valence-corrected chi connectivity index (χ4v) is 4.92. The Hall–Kier alpha value is -5.09. The molecule has 0 N–H and O–H groups in total. The number of carbonyl (C=O) groups is 4. The molecule has 0 saturated carbocycles. The molecule has 4 rings (SSSR count). The number of unbranched alkanes of at least 4 members (excludes halogenated alkanes) is 1. The largest absolute Gasteiger partial charge is 0.513 e. The van der Waals surface area contributed by atoms with E-state index in [1.165, 1.54) is 0 Å². The van der Waals surface area contributed by atoms with Gasteiger partial charge in [-0.25, -0.2) is 9.59 Å². The van der Waals surface area contributed by atoms with E-state index in [2.05, 4.69) is 17.9 Å². The number of benzene rings is 4. The molecule has 0 aliphatic heterocycles. The fraction of sp³-hybridized carbons (Fsp3) is 0.176. The van der Waals surface area contributed by atoms with E-state index in [9.17, 15) is 19.2 Å². The van der Waals surface area contributed by atoms with E-state index in [4.69, 9.17) is 18.9 Å². The minimum Gasteiger partial charge on any atom is -0.493 e. The van der Waals surface area contributed by atoms with Crippen LogP contribution >= 0.6 is 11.8 Å². The van der Waals surface area contributed by atoms with Crippen molar-refractivity contribution in [2.24, 2.45) is 0 Å². The normalized spacial score (nSPS) is 10.5. The molecule has 4 aromatic rings. The van der Waals surface area contributed by atoms with E-state index in [1.807, 2.05) is 36.4 Å². The minimum atomic E-state index is -0.812. The molecule has 0 radical (unpaired) electrons. The first-order valence-corrected chi connectivity index (χ1v) is 14.5. The SMILES string of the molecule is C=COC(=O)CCOc1ccc(C(=O)Sc2ccc3c(ccc4cc(OC(=O)OCCCCOC(=O)C=C)ccc43)c2)cc1. The van der Waals surface area contributed by atoms with E-state index in [0.29, 0.717) is 29.9 Å². The Morgan fingerprint density at radius 2 is 1.39 bits per heavy atom. The van der Waals surface area contributed by atoms with Crippen LogP contribution in [0.2, 0.25) is 0 Å². The van der Waals surface area contributed by atoms with Crippen LogP contribution < -0.4 is 9.47 Å². The average Bonchev–Trinajstić information content (AvgIpc) is 3.02. The average molecular weight is 615 g/mol. The Balaban J connectivity index is 1.31. The Labute approximate surface area is 258 Å². The van der Waals surface area contributed by atoms with Gasteiger partial charge < -0.3 is 23.7 Å². The Morgan fingerprint density at radius 3 is 2.09 bits per heavy atom. The molecule has 0 aliphatic carbocycles. The molecule has 226 valence electrons. The van der Waals surface area contributed by atoms with Gasteiger partial charge in [0.2, 0.25) is 5.12 Å². The lowest BCUT2D eigenvalue weighted by Gasteiger charge is -2.09. The van der Waals surface area contributed by atoms with Crippen LogP contribution in [0.1, 0.15) is 29.6 Å². The predicted octanol–water partition coefficient (Wildman–Crippen LogP) is 7.41. The molecule has 0 atom stereocenters. The summed E-state index contributed by atoms with van der Waals surface area (Å²) in [6, 6.07) is 21.7. The topological polar surface area (TPSA) is 114 Å². The first kappa shape index (κ1) is 31.8. The highest BCUT2D eigenvalue weighted by atomic mass is 32.2. The van der Waals surface area contributed by atoms with Crippen molar-refractivity contribution in [3.05, 3.63) is 104 Å². The number of fused-ring (bicyclic) bond motifs is 3. The third kappa shape index (κ3) is 9.20. The highest BCUT2D eigenvalue weighted by Crippen LogP contribution is 2.32. The lowest BCUT2D eigenvalue weighted by molar-refractivity contribution is -0.139. The standard InChI is InChI=1S/C34H30O9S/c1-3-31(35)41-18-5-6-19-42-34(38)43-27-13-15-29-24(21-27)7-8-25-22-28(14-16-30(25)29)44-33(37)23-9-11-26(12-10-23)40-20-17-32(36)39-4-2/h3-4,7-16,21-22H,1-2,5-6,17-20H2. The third-order valence-electron chi connectivity index (χ3n) is 6.24. The summed E-state index contributed by atoms with van der Waals surface area (Å²) in [5, 5.41) is 3.68. The lowest BCUT2D eigenvalue weighted by atomic mass is 10.0. The summed E-state index contributed by atoms with van der Waals surface area (Å²) in [6.07, 6.45) is 2.51. The van der Waals surface area contributed by atoms with Crippen LogP contribution in [-0.2, 0) is 23.8 Å². The number of thioether (sulfide) groups is 1. The zero-order valence-electron chi connectivity index (χ0n) is 23.8. The van der Waals surface area contributed by atoms with Gasteiger partial charge in [-0.05, 0) is 94.7 Å². The second-order valence-corrected chi connectivity index (χ2v) is 10.3. The van der Waals surface area contributed by atoms with Crippen molar-refractivity contribution in [3.8, 4) is 11.5 Å². The number of hydrogen-bond donors (Lipinski definition) is 0. The van der Waals surface area contributed by atoms with Crippen LogP contribution in [0.25, 0.3) is 21.5 Å². The number of esters is 2. The van der Waals surface area contributed by atoms with Gasteiger partial charge in [-0.1, -0.05) is 37.4 Å². The van der Waals surface area contributed by atoms with Crippen molar-refractivity contribution in [2.45, 2.75) is 24.2 Å². The van der Waals surface area contributed by atoms with Gasteiger partial charge in [-0.15, -0.1) is 0 Å². The number of ether oxygens (including phenoxy) is 5. The second-order valence-electron chi connectivity index (χ2n) is 9.28. The molecule has 0 aromatic heterocycles. The van der Waals surface area contributed by atoms with E-state index < -0.39 is 18.1 Å². The van der Waals surface area contributed by atoms with Gasteiger partial charge in [-0.2, -0.15) is 0 Å². The first-order chi connectivity index (χ1) is 21.4. The Bertz CT molecular complexity index is 1680. The number of carbonyl (C=O) groups excluding carboxylic acids is 4. The minimum absolute atomic E-state index is 0.0870. The number of hydrogen-bond acceptors (Lipinski definition) is 10. The highest BCUT2D eigenvalue weighted by molar-refractivity contribution is 8.14. The van der Waals surface area contributed by atoms with Crippen LogP contribution in [0.4, 0.5) is 4.79 Å². The maximum absolute atomic E-state index is 12.9. The van der Waals surface area contributed by atoms with Crippen molar-refractivity contribution in [3.63, 3.8) is 0 Å². The third-order valence-corrected chi connectivity index (χ3v) is 7.15. The maximum atomic E-state index is 12.9.